The van der Waals surface area contributed by atoms with Crippen LogP contribution in [0.15, 0.2) is 30.6 Å². The molecule has 0 aliphatic heterocycles. The third kappa shape index (κ3) is 2.02. The third-order valence-electron chi connectivity index (χ3n) is 2.65. The Morgan fingerprint density at radius 3 is 2.65 bits per heavy atom. The highest BCUT2D eigenvalue weighted by Gasteiger charge is 2.10. The van der Waals surface area contributed by atoms with Crippen LogP contribution in [0, 0.1) is 29.6 Å². The van der Waals surface area contributed by atoms with E-state index in [0.717, 1.165) is 11.1 Å². The van der Waals surface area contributed by atoms with E-state index in [9.17, 15) is 0 Å². The fourth-order valence-electron chi connectivity index (χ4n) is 1.67. The van der Waals surface area contributed by atoms with Crippen molar-refractivity contribution < 1.29 is 0 Å². The van der Waals surface area contributed by atoms with Crippen molar-refractivity contribution in [1.82, 2.24) is 9.55 Å². The molecule has 1 aromatic heterocycles. The molecule has 0 saturated heterocycles. The molecular weight excluding hydrogens is 212 g/mol. The second kappa shape index (κ2) is 4.51. The predicted octanol–water partition coefficient (Wildman–Crippen LogP) is 1.98. The second-order valence-corrected chi connectivity index (χ2v) is 3.72. The van der Waals surface area contributed by atoms with Crippen LogP contribution in [-0.2, 0) is 6.54 Å². The number of nitrogens with zero attached hydrogens (tertiary/aromatic N) is 4. The van der Waals surface area contributed by atoms with E-state index in [1.807, 2.05) is 43.3 Å². The molecule has 0 saturated carbocycles. The third-order valence-corrected chi connectivity index (χ3v) is 2.65. The number of imidazole rings is 1. The van der Waals surface area contributed by atoms with E-state index in [0.29, 0.717) is 12.2 Å². The van der Waals surface area contributed by atoms with Gasteiger partial charge in [0.15, 0.2) is 11.4 Å². The van der Waals surface area contributed by atoms with Gasteiger partial charge in [0.1, 0.15) is 12.1 Å². The van der Waals surface area contributed by atoms with Crippen LogP contribution >= 0.6 is 0 Å². The predicted molar refractivity (Wildman–Crippen MR) is 61.9 cm³/mol. The summed E-state index contributed by atoms with van der Waals surface area (Å²) in [5.74, 6) is 0. The Hall–Kier alpha value is -2.59. The van der Waals surface area contributed by atoms with E-state index in [2.05, 4.69) is 4.98 Å². The Morgan fingerprint density at radius 1 is 1.24 bits per heavy atom. The SMILES string of the molecule is Cc1ccccc1Cn1cnc(C#N)c1C#N. The Labute approximate surface area is 99.4 Å². The van der Waals surface area contributed by atoms with E-state index in [4.69, 9.17) is 10.5 Å². The van der Waals surface area contributed by atoms with Gasteiger partial charge < -0.3 is 4.57 Å². The quantitative estimate of drug-likeness (QED) is 0.780. The fourth-order valence-corrected chi connectivity index (χ4v) is 1.67. The first-order valence-electron chi connectivity index (χ1n) is 5.16. The summed E-state index contributed by atoms with van der Waals surface area (Å²) >= 11 is 0. The Balaban J connectivity index is 2.39. The molecule has 4 nitrogen and oxygen atoms in total. The van der Waals surface area contributed by atoms with Gasteiger partial charge >= 0.3 is 0 Å². The molecule has 0 amide bonds. The summed E-state index contributed by atoms with van der Waals surface area (Å²) in [5, 5.41) is 17.8. The zero-order chi connectivity index (χ0) is 12.3. The van der Waals surface area contributed by atoms with E-state index in [1.54, 1.807) is 4.57 Å². The molecule has 0 aliphatic rings. The second-order valence-electron chi connectivity index (χ2n) is 3.72. The summed E-state index contributed by atoms with van der Waals surface area (Å²) in [6.45, 7) is 2.58. The summed E-state index contributed by atoms with van der Waals surface area (Å²) in [5.41, 5.74) is 2.77. The van der Waals surface area contributed by atoms with Crippen molar-refractivity contribution >= 4 is 0 Å². The van der Waals surface area contributed by atoms with Gasteiger partial charge in [-0.2, -0.15) is 10.5 Å². The minimum absolute atomic E-state index is 0.182. The average molecular weight is 222 g/mol. The monoisotopic (exact) mass is 222 g/mol. The van der Waals surface area contributed by atoms with Crippen molar-refractivity contribution in [2.45, 2.75) is 13.5 Å². The molecule has 1 aromatic carbocycles. The minimum atomic E-state index is 0.182. The Bertz CT molecular complexity index is 626. The van der Waals surface area contributed by atoms with Crippen molar-refractivity contribution in [2.24, 2.45) is 0 Å². The van der Waals surface area contributed by atoms with Gasteiger partial charge in [-0.15, -0.1) is 0 Å². The summed E-state index contributed by atoms with van der Waals surface area (Å²) in [4.78, 5) is 3.91. The molecule has 1 heterocycles. The zero-order valence-electron chi connectivity index (χ0n) is 9.38. The molecule has 0 radical (unpaired) electrons. The molecule has 2 rings (SSSR count). The van der Waals surface area contributed by atoms with Gasteiger partial charge in [0.25, 0.3) is 0 Å². The number of hydrogen-bond donors (Lipinski definition) is 0. The highest BCUT2D eigenvalue weighted by atomic mass is 15.1. The van der Waals surface area contributed by atoms with Crippen LogP contribution < -0.4 is 0 Å². The van der Waals surface area contributed by atoms with Gasteiger partial charge in [-0.05, 0) is 18.1 Å². The molecule has 4 heteroatoms. The lowest BCUT2D eigenvalue weighted by Crippen LogP contribution is -2.02. The molecule has 0 N–H and O–H groups in total. The highest BCUT2D eigenvalue weighted by Crippen LogP contribution is 2.12. The summed E-state index contributed by atoms with van der Waals surface area (Å²) in [6, 6.07) is 11.9. The lowest BCUT2D eigenvalue weighted by molar-refractivity contribution is 0.781. The summed E-state index contributed by atoms with van der Waals surface area (Å²) in [6.07, 6.45) is 1.53. The minimum Gasteiger partial charge on any atom is -0.317 e. The first-order valence-corrected chi connectivity index (χ1v) is 5.16. The van der Waals surface area contributed by atoms with Gasteiger partial charge in [-0.25, -0.2) is 4.98 Å². The zero-order valence-corrected chi connectivity index (χ0v) is 9.38. The summed E-state index contributed by atoms with van der Waals surface area (Å²) < 4.78 is 1.70. The van der Waals surface area contributed by atoms with Gasteiger partial charge in [0.05, 0.1) is 12.9 Å². The molecule has 17 heavy (non-hydrogen) atoms. The number of rotatable bonds is 2. The molecule has 0 fully saturated rings. The maximum absolute atomic E-state index is 9.00. The number of nitriles is 2. The van der Waals surface area contributed by atoms with Crippen LogP contribution in [0.25, 0.3) is 0 Å². The standard InChI is InChI=1S/C13H10N4/c1-10-4-2-3-5-11(10)8-17-9-16-12(6-14)13(17)7-15/h2-5,9H,8H2,1H3. The lowest BCUT2D eigenvalue weighted by Gasteiger charge is -2.06. The van der Waals surface area contributed by atoms with Crippen LogP contribution in [0.2, 0.25) is 0 Å². The largest absolute Gasteiger partial charge is 0.317 e. The molecule has 82 valence electrons. The van der Waals surface area contributed by atoms with Gasteiger partial charge in [0, 0.05) is 0 Å². The van der Waals surface area contributed by atoms with Crippen molar-refractivity contribution in [3.63, 3.8) is 0 Å². The molecule has 0 atom stereocenters. The highest BCUT2D eigenvalue weighted by molar-refractivity contribution is 5.37. The van der Waals surface area contributed by atoms with E-state index in [-0.39, 0.29) is 5.69 Å². The smallest absolute Gasteiger partial charge is 0.176 e. The van der Waals surface area contributed by atoms with Crippen LogP contribution in [0.4, 0.5) is 0 Å². The maximum Gasteiger partial charge on any atom is 0.176 e. The van der Waals surface area contributed by atoms with Crippen molar-refractivity contribution in [1.29, 1.82) is 10.5 Å². The number of benzene rings is 1. The summed E-state index contributed by atoms with van der Waals surface area (Å²) in [7, 11) is 0. The van der Waals surface area contributed by atoms with E-state index < -0.39 is 0 Å². The van der Waals surface area contributed by atoms with Crippen molar-refractivity contribution in [3.8, 4) is 12.1 Å². The fraction of sp³-hybridized carbons (Fsp3) is 0.154. The van der Waals surface area contributed by atoms with Crippen LogP contribution in [0.1, 0.15) is 22.5 Å². The maximum atomic E-state index is 9.00. The molecule has 0 unspecified atom stereocenters. The van der Waals surface area contributed by atoms with Crippen molar-refractivity contribution in [3.05, 3.63) is 53.1 Å². The molecule has 0 aliphatic carbocycles. The first kappa shape index (κ1) is 10.9. The number of hydrogen-bond acceptors (Lipinski definition) is 3. The normalized spacial score (nSPS) is 9.59. The molecular formula is C13H10N4. The average Bonchev–Trinajstić information content (AvgIpc) is 2.74. The van der Waals surface area contributed by atoms with Crippen molar-refractivity contribution in [2.75, 3.05) is 0 Å². The van der Waals surface area contributed by atoms with E-state index >= 15 is 0 Å². The molecule has 0 spiro atoms. The Morgan fingerprint density at radius 2 is 2.00 bits per heavy atom. The Kier molecular flexibility index (Phi) is 2.89. The number of aromatic nitrogens is 2. The van der Waals surface area contributed by atoms with Gasteiger partial charge in [0.2, 0.25) is 0 Å². The number of aryl methyl sites for hydroxylation is 1. The molecule has 0 bridgehead atoms. The van der Waals surface area contributed by atoms with Gasteiger partial charge in [-0.3, -0.25) is 0 Å². The molecule has 2 aromatic rings. The van der Waals surface area contributed by atoms with E-state index in [1.165, 1.54) is 6.33 Å². The van der Waals surface area contributed by atoms with Gasteiger partial charge in [-0.1, -0.05) is 24.3 Å². The van der Waals surface area contributed by atoms with Crippen LogP contribution in [0.5, 0.6) is 0 Å². The van der Waals surface area contributed by atoms with Crippen LogP contribution in [0.3, 0.4) is 0 Å². The van der Waals surface area contributed by atoms with Crippen LogP contribution in [-0.4, -0.2) is 9.55 Å². The lowest BCUT2D eigenvalue weighted by atomic mass is 10.1. The topological polar surface area (TPSA) is 65.4 Å². The first-order chi connectivity index (χ1) is 8.26.